The van der Waals surface area contributed by atoms with Crippen LogP contribution in [0.1, 0.15) is 22.3 Å². The van der Waals surface area contributed by atoms with Gasteiger partial charge in [-0.15, -0.1) is 0 Å². The number of benzene rings is 5. The summed E-state index contributed by atoms with van der Waals surface area (Å²) in [7, 11) is 0. The van der Waals surface area contributed by atoms with Gasteiger partial charge in [0.1, 0.15) is 0 Å². The molecule has 8 nitrogen and oxygen atoms in total. The van der Waals surface area contributed by atoms with Gasteiger partial charge in [0.25, 0.3) is 0 Å². The first-order valence-electron chi connectivity index (χ1n) is 13.6. The molecule has 0 atom stereocenters. The molecule has 9 aromatic rings. The van der Waals surface area contributed by atoms with Crippen molar-refractivity contribution in [1.82, 2.24) is 8.80 Å². The molecule has 0 radical (unpaired) electrons. The molecule has 0 unspecified atom stereocenters. The van der Waals surface area contributed by atoms with Gasteiger partial charge >= 0.3 is 0 Å². The summed E-state index contributed by atoms with van der Waals surface area (Å²) in [5.74, 6) is 0. The number of aromatic nitrogens is 2. The van der Waals surface area contributed by atoms with E-state index in [4.69, 9.17) is 0 Å². The predicted octanol–water partition coefficient (Wildman–Crippen LogP) is 6.19. The van der Waals surface area contributed by atoms with Crippen molar-refractivity contribution >= 4 is 76.2 Å². The molecule has 0 fully saturated rings. The number of pyridine rings is 2. The first kappa shape index (κ1) is 23.7. The van der Waals surface area contributed by atoms with E-state index in [0.717, 1.165) is 21.8 Å². The molecule has 0 bridgehead atoms. The van der Waals surface area contributed by atoms with E-state index in [1.807, 2.05) is 27.0 Å². The maximum Gasteiger partial charge on any atom is 0.197 e. The molecule has 4 aromatic heterocycles. The Morgan fingerprint density at radius 1 is 0.386 bits per heavy atom. The Balaban J connectivity index is 1.61. The van der Waals surface area contributed by atoms with Crippen molar-refractivity contribution in [3.63, 3.8) is 0 Å². The molecule has 0 aliphatic carbocycles. The van der Waals surface area contributed by atoms with E-state index >= 15 is 0 Å². The fourth-order valence-corrected chi connectivity index (χ4v) is 7.01. The van der Waals surface area contributed by atoms with E-state index in [1.54, 1.807) is 54.6 Å². The fraction of sp³-hybridized carbons (Fsp3) is 0. The Hall–Kier alpha value is -7.00. The van der Waals surface area contributed by atoms with Crippen LogP contribution < -0.4 is 10.9 Å². The van der Waals surface area contributed by atoms with Gasteiger partial charge in [0, 0.05) is 43.1 Å². The SMILES string of the molecule is N#Cc1ccc2c(c1)c1cc(C#N)cc3c(=O)c4cc5c(=O)c6cc(C#N)cc7c8cc(C#N)ccc8n(c5cc4n2c31)c67. The predicted molar refractivity (Wildman–Crippen MR) is 167 cm³/mol. The third-order valence-electron chi connectivity index (χ3n) is 8.81. The van der Waals surface area contributed by atoms with Crippen molar-refractivity contribution in [2.24, 2.45) is 0 Å². The summed E-state index contributed by atoms with van der Waals surface area (Å²) in [5.41, 5.74) is 4.83. The normalized spacial score (nSPS) is 11.7. The average Bonchev–Trinajstić information content (AvgIpc) is 3.57. The van der Waals surface area contributed by atoms with Crippen LogP contribution in [0.15, 0.2) is 82.4 Å². The molecule has 0 aliphatic heterocycles. The van der Waals surface area contributed by atoms with Gasteiger partial charge in [0.2, 0.25) is 0 Å². The van der Waals surface area contributed by atoms with Crippen molar-refractivity contribution in [1.29, 1.82) is 21.0 Å². The highest BCUT2D eigenvalue weighted by Crippen LogP contribution is 2.38. The zero-order chi connectivity index (χ0) is 30.0. The van der Waals surface area contributed by atoms with Crippen molar-refractivity contribution in [3.8, 4) is 24.3 Å². The number of rotatable bonds is 0. The fourth-order valence-electron chi connectivity index (χ4n) is 7.01. The van der Waals surface area contributed by atoms with Gasteiger partial charge in [-0.25, -0.2) is 0 Å². The molecule has 9 rings (SSSR count). The summed E-state index contributed by atoms with van der Waals surface area (Å²) in [6, 6.07) is 29.3. The zero-order valence-electron chi connectivity index (χ0n) is 22.4. The van der Waals surface area contributed by atoms with Gasteiger partial charge in [-0.05, 0) is 72.8 Å². The first-order chi connectivity index (χ1) is 21.4. The van der Waals surface area contributed by atoms with Crippen LogP contribution in [0.25, 0.3) is 76.2 Å². The van der Waals surface area contributed by atoms with Gasteiger partial charge in [-0.2, -0.15) is 21.0 Å². The van der Waals surface area contributed by atoms with E-state index in [0.29, 0.717) is 76.6 Å². The number of hydrogen-bond donors (Lipinski definition) is 0. The lowest BCUT2D eigenvalue weighted by molar-refractivity contribution is 1.31. The van der Waals surface area contributed by atoms with Crippen LogP contribution in [0.5, 0.6) is 0 Å². The van der Waals surface area contributed by atoms with Crippen LogP contribution in [-0.2, 0) is 0 Å². The Kier molecular flexibility index (Phi) is 4.22. The van der Waals surface area contributed by atoms with Crippen LogP contribution >= 0.6 is 0 Å². The minimum Gasteiger partial charge on any atom is -0.308 e. The second kappa shape index (κ2) is 7.84. The second-order valence-electron chi connectivity index (χ2n) is 11.0. The van der Waals surface area contributed by atoms with Gasteiger partial charge in [0.05, 0.1) is 79.6 Å². The number of nitrogens with zero attached hydrogens (tertiary/aromatic N) is 6. The van der Waals surface area contributed by atoms with Crippen LogP contribution in [0.4, 0.5) is 0 Å². The summed E-state index contributed by atoms with van der Waals surface area (Å²) in [5, 5.41) is 42.9. The molecule has 44 heavy (non-hydrogen) atoms. The van der Waals surface area contributed by atoms with E-state index in [2.05, 4.69) is 24.3 Å². The molecule has 0 saturated heterocycles. The monoisotopic (exact) mass is 560 g/mol. The molecule has 8 heteroatoms. The van der Waals surface area contributed by atoms with Crippen LogP contribution in [-0.4, -0.2) is 8.80 Å². The van der Waals surface area contributed by atoms with Crippen LogP contribution in [0.2, 0.25) is 0 Å². The molecule has 0 N–H and O–H groups in total. The quantitative estimate of drug-likeness (QED) is 0.203. The Morgan fingerprint density at radius 2 is 0.773 bits per heavy atom. The largest absolute Gasteiger partial charge is 0.308 e. The Morgan fingerprint density at radius 3 is 1.18 bits per heavy atom. The lowest BCUT2D eigenvalue weighted by Gasteiger charge is -2.12. The topological polar surface area (TPSA) is 138 Å². The van der Waals surface area contributed by atoms with Crippen molar-refractivity contribution in [2.75, 3.05) is 0 Å². The molecule has 0 amide bonds. The standard InChI is InChI=1S/C36H12N6O2/c37-13-17-1-3-29-21(5-17)23-7-19(15-39)9-27-33(23)41(29)31-12-32-26(11-25(31)35(27)43)36(44)28-10-20(16-40)8-24-22-6-18(14-38)2-4-30(22)42(32)34(24)28/h1-12H. The third-order valence-corrected chi connectivity index (χ3v) is 8.81. The second-order valence-corrected chi connectivity index (χ2v) is 11.0. The highest BCUT2D eigenvalue weighted by molar-refractivity contribution is 6.21. The van der Waals surface area contributed by atoms with E-state index in [9.17, 15) is 30.6 Å². The van der Waals surface area contributed by atoms with Gasteiger partial charge in [-0.3, -0.25) is 9.59 Å². The molecule has 198 valence electrons. The molecule has 5 aromatic carbocycles. The van der Waals surface area contributed by atoms with Crippen molar-refractivity contribution in [2.45, 2.75) is 0 Å². The van der Waals surface area contributed by atoms with Crippen LogP contribution in [0.3, 0.4) is 0 Å². The van der Waals surface area contributed by atoms with Crippen molar-refractivity contribution in [3.05, 3.63) is 115 Å². The summed E-state index contributed by atoms with van der Waals surface area (Å²) in [6.45, 7) is 0. The third kappa shape index (κ3) is 2.67. The number of fused-ring (bicyclic) bond motifs is 10. The first-order valence-corrected chi connectivity index (χ1v) is 13.6. The molecular weight excluding hydrogens is 548 g/mol. The van der Waals surface area contributed by atoms with Crippen LogP contribution in [0, 0.1) is 45.3 Å². The molecule has 0 aliphatic rings. The summed E-state index contributed by atoms with van der Waals surface area (Å²) >= 11 is 0. The summed E-state index contributed by atoms with van der Waals surface area (Å²) < 4.78 is 3.93. The minimum atomic E-state index is -0.314. The highest BCUT2D eigenvalue weighted by atomic mass is 16.1. The average molecular weight is 561 g/mol. The van der Waals surface area contributed by atoms with Crippen molar-refractivity contribution < 1.29 is 0 Å². The molecule has 0 spiro atoms. The smallest absolute Gasteiger partial charge is 0.197 e. The molecule has 0 saturated carbocycles. The van der Waals surface area contributed by atoms with Gasteiger partial charge in [0.15, 0.2) is 10.9 Å². The maximum atomic E-state index is 14.2. The summed E-state index contributed by atoms with van der Waals surface area (Å²) in [6.07, 6.45) is 0. The molecule has 4 heterocycles. The minimum absolute atomic E-state index is 0.308. The van der Waals surface area contributed by atoms with Gasteiger partial charge < -0.3 is 8.80 Å². The van der Waals surface area contributed by atoms with E-state index in [1.165, 1.54) is 0 Å². The molecular formula is C36H12N6O2. The number of hydrogen-bond acceptors (Lipinski definition) is 6. The Bertz CT molecular complexity index is 2930. The number of nitriles is 4. The zero-order valence-corrected chi connectivity index (χ0v) is 22.4. The Labute approximate surface area is 245 Å². The van der Waals surface area contributed by atoms with E-state index in [-0.39, 0.29) is 10.9 Å². The van der Waals surface area contributed by atoms with E-state index < -0.39 is 0 Å². The lowest BCUT2D eigenvalue weighted by Crippen LogP contribution is -2.11. The lowest BCUT2D eigenvalue weighted by atomic mass is 10.0. The maximum absolute atomic E-state index is 14.2. The van der Waals surface area contributed by atoms with Gasteiger partial charge in [-0.1, -0.05) is 0 Å². The summed E-state index contributed by atoms with van der Waals surface area (Å²) in [4.78, 5) is 28.3. The highest BCUT2D eigenvalue weighted by Gasteiger charge is 2.23.